The fourth-order valence-corrected chi connectivity index (χ4v) is 3.64. The number of hydrogen-bond donors (Lipinski definition) is 0. The SMILES string of the molecule is COC(=O)c1nc2n(c(=O)c1OC(=O)c1ccccc1)CCCCC2N(C)C(=O)OC(C)(C)C. The van der Waals surface area contributed by atoms with Crippen LogP contribution in [-0.2, 0) is 16.0 Å². The van der Waals surface area contributed by atoms with Gasteiger partial charge in [-0.1, -0.05) is 18.2 Å². The molecule has 1 unspecified atom stereocenters. The molecule has 1 aliphatic heterocycles. The molecule has 0 aliphatic carbocycles. The zero-order valence-corrected chi connectivity index (χ0v) is 20.0. The molecule has 34 heavy (non-hydrogen) atoms. The number of ether oxygens (including phenoxy) is 3. The van der Waals surface area contributed by atoms with Gasteiger partial charge in [0.1, 0.15) is 11.4 Å². The smallest absolute Gasteiger partial charge is 0.410 e. The van der Waals surface area contributed by atoms with Gasteiger partial charge in [-0.2, -0.15) is 0 Å². The number of rotatable bonds is 4. The Hall–Kier alpha value is -3.69. The zero-order chi connectivity index (χ0) is 25.0. The fourth-order valence-electron chi connectivity index (χ4n) is 3.64. The van der Waals surface area contributed by atoms with Crippen LogP contribution in [0.1, 0.15) is 72.7 Å². The van der Waals surface area contributed by atoms with Gasteiger partial charge in [-0.25, -0.2) is 19.4 Å². The van der Waals surface area contributed by atoms with Crippen molar-refractivity contribution in [3.63, 3.8) is 0 Å². The summed E-state index contributed by atoms with van der Waals surface area (Å²) in [5, 5.41) is 0. The van der Waals surface area contributed by atoms with Crippen molar-refractivity contribution in [1.82, 2.24) is 14.5 Å². The lowest BCUT2D eigenvalue weighted by Crippen LogP contribution is -2.39. The van der Waals surface area contributed by atoms with Crippen molar-refractivity contribution in [1.29, 1.82) is 0 Å². The van der Waals surface area contributed by atoms with Crippen molar-refractivity contribution < 1.29 is 28.6 Å². The number of fused-ring (bicyclic) bond motifs is 1. The maximum atomic E-state index is 13.4. The standard InChI is InChI=1S/C24H29N3O7/c1-24(2,3)34-23(31)26(4)16-13-9-10-14-27-19(16)25-17(22(30)32-5)18(20(27)28)33-21(29)15-11-7-6-8-12-15/h6-8,11-12,16H,9-10,13-14H2,1-5H3. The summed E-state index contributed by atoms with van der Waals surface area (Å²) in [5.41, 5.74) is -1.62. The van der Waals surface area contributed by atoms with Crippen LogP contribution in [0.3, 0.4) is 0 Å². The maximum absolute atomic E-state index is 13.4. The third kappa shape index (κ3) is 5.44. The van der Waals surface area contributed by atoms with Crippen molar-refractivity contribution in [2.45, 2.75) is 58.2 Å². The van der Waals surface area contributed by atoms with E-state index in [9.17, 15) is 19.2 Å². The summed E-state index contributed by atoms with van der Waals surface area (Å²) in [6.45, 7) is 5.55. The van der Waals surface area contributed by atoms with Crippen LogP contribution in [-0.4, -0.2) is 52.2 Å². The number of methoxy groups -OCH3 is 1. The summed E-state index contributed by atoms with van der Waals surface area (Å²) in [6.07, 6.45) is 1.26. The average Bonchev–Trinajstić information content (AvgIpc) is 3.01. The summed E-state index contributed by atoms with van der Waals surface area (Å²) >= 11 is 0. The third-order valence-corrected chi connectivity index (χ3v) is 5.30. The molecule has 2 aromatic rings. The molecule has 1 aliphatic rings. The molecule has 0 N–H and O–H groups in total. The van der Waals surface area contributed by atoms with Crippen LogP contribution in [0.25, 0.3) is 0 Å². The van der Waals surface area contributed by atoms with Gasteiger partial charge in [0.05, 0.1) is 18.7 Å². The molecule has 2 heterocycles. The monoisotopic (exact) mass is 471 g/mol. The Labute approximate surface area is 197 Å². The van der Waals surface area contributed by atoms with Crippen LogP contribution in [0.15, 0.2) is 35.1 Å². The Balaban J connectivity index is 2.09. The van der Waals surface area contributed by atoms with Crippen LogP contribution in [0, 0.1) is 0 Å². The highest BCUT2D eigenvalue weighted by atomic mass is 16.6. The minimum absolute atomic E-state index is 0.204. The van der Waals surface area contributed by atoms with E-state index in [-0.39, 0.29) is 17.9 Å². The van der Waals surface area contributed by atoms with Crippen LogP contribution in [0.5, 0.6) is 5.75 Å². The first-order valence-electron chi connectivity index (χ1n) is 11.0. The molecule has 1 amide bonds. The Morgan fingerprint density at radius 2 is 1.76 bits per heavy atom. The van der Waals surface area contributed by atoms with Crippen molar-refractivity contribution in [3.05, 3.63) is 57.8 Å². The predicted molar refractivity (Wildman–Crippen MR) is 122 cm³/mol. The molecule has 0 bridgehead atoms. The summed E-state index contributed by atoms with van der Waals surface area (Å²) in [4.78, 5) is 57.1. The zero-order valence-electron chi connectivity index (χ0n) is 20.0. The molecule has 182 valence electrons. The number of benzene rings is 1. The van der Waals surface area contributed by atoms with Crippen LogP contribution >= 0.6 is 0 Å². The first-order chi connectivity index (χ1) is 16.0. The topological polar surface area (TPSA) is 117 Å². The Morgan fingerprint density at radius 1 is 1.09 bits per heavy atom. The molecular weight excluding hydrogens is 442 g/mol. The van der Waals surface area contributed by atoms with E-state index >= 15 is 0 Å². The molecular formula is C24H29N3O7. The Bertz CT molecular complexity index is 1140. The molecule has 1 aromatic carbocycles. The van der Waals surface area contributed by atoms with Gasteiger partial charge in [0.2, 0.25) is 5.75 Å². The predicted octanol–water partition coefficient (Wildman–Crippen LogP) is 3.34. The van der Waals surface area contributed by atoms with E-state index in [1.807, 2.05) is 0 Å². The molecule has 1 aromatic heterocycles. The third-order valence-electron chi connectivity index (χ3n) is 5.30. The number of aromatic nitrogens is 2. The quantitative estimate of drug-likeness (QED) is 0.623. The van der Waals surface area contributed by atoms with Crippen molar-refractivity contribution >= 4 is 18.0 Å². The van der Waals surface area contributed by atoms with Gasteiger partial charge in [0.15, 0.2) is 5.69 Å². The van der Waals surface area contributed by atoms with Gasteiger partial charge in [-0.3, -0.25) is 9.36 Å². The second-order valence-electron chi connectivity index (χ2n) is 8.95. The molecule has 0 radical (unpaired) electrons. The maximum Gasteiger partial charge on any atom is 0.410 e. The number of esters is 2. The number of nitrogens with zero attached hydrogens (tertiary/aromatic N) is 3. The van der Waals surface area contributed by atoms with E-state index in [2.05, 4.69) is 4.98 Å². The summed E-state index contributed by atoms with van der Waals surface area (Å²) in [6, 6.07) is 7.46. The highest BCUT2D eigenvalue weighted by Gasteiger charge is 2.34. The van der Waals surface area contributed by atoms with Gasteiger partial charge in [0.25, 0.3) is 5.56 Å². The lowest BCUT2D eigenvalue weighted by molar-refractivity contribution is 0.0202. The number of carbonyl (C=O) groups is 3. The molecule has 0 saturated carbocycles. The minimum atomic E-state index is -0.931. The summed E-state index contributed by atoms with van der Waals surface area (Å²) < 4.78 is 17.0. The fraction of sp³-hybridized carbons (Fsp3) is 0.458. The molecule has 10 nitrogen and oxygen atoms in total. The molecule has 0 saturated heterocycles. The molecule has 0 fully saturated rings. The van der Waals surface area contributed by atoms with E-state index in [1.165, 1.54) is 21.6 Å². The van der Waals surface area contributed by atoms with Crippen LogP contribution < -0.4 is 10.3 Å². The van der Waals surface area contributed by atoms with Gasteiger partial charge < -0.3 is 19.1 Å². The molecule has 10 heteroatoms. The van der Waals surface area contributed by atoms with Crippen molar-refractivity contribution in [2.24, 2.45) is 0 Å². The Kier molecular flexibility index (Phi) is 7.38. The molecule has 0 spiro atoms. The Morgan fingerprint density at radius 3 is 2.38 bits per heavy atom. The van der Waals surface area contributed by atoms with E-state index in [1.54, 1.807) is 46.0 Å². The normalized spacial score (nSPS) is 15.5. The summed E-state index contributed by atoms with van der Waals surface area (Å²) in [7, 11) is 2.70. The first kappa shape index (κ1) is 24.9. The second-order valence-corrected chi connectivity index (χ2v) is 8.95. The first-order valence-corrected chi connectivity index (χ1v) is 11.0. The molecule has 1 atom stereocenters. The van der Waals surface area contributed by atoms with Gasteiger partial charge in [-0.15, -0.1) is 0 Å². The van der Waals surface area contributed by atoms with Crippen molar-refractivity contribution in [3.8, 4) is 5.75 Å². The highest BCUT2D eigenvalue weighted by molar-refractivity contribution is 5.94. The lowest BCUT2D eigenvalue weighted by Gasteiger charge is -2.30. The highest BCUT2D eigenvalue weighted by Crippen LogP contribution is 2.30. The van der Waals surface area contributed by atoms with Gasteiger partial charge >= 0.3 is 18.0 Å². The van der Waals surface area contributed by atoms with Crippen LogP contribution in [0.4, 0.5) is 4.79 Å². The summed E-state index contributed by atoms with van der Waals surface area (Å²) in [5.74, 6) is -2.04. The van der Waals surface area contributed by atoms with Gasteiger partial charge in [0, 0.05) is 13.6 Å². The lowest BCUT2D eigenvalue weighted by atomic mass is 10.1. The molecule has 3 rings (SSSR count). The van der Waals surface area contributed by atoms with Crippen LogP contribution in [0.2, 0.25) is 0 Å². The number of hydrogen-bond acceptors (Lipinski definition) is 8. The number of amides is 1. The minimum Gasteiger partial charge on any atom is -0.464 e. The van der Waals surface area contributed by atoms with Crippen molar-refractivity contribution in [2.75, 3.05) is 14.2 Å². The van der Waals surface area contributed by atoms with E-state index in [4.69, 9.17) is 14.2 Å². The van der Waals surface area contributed by atoms with E-state index < -0.39 is 46.7 Å². The largest absolute Gasteiger partial charge is 0.464 e. The second kappa shape index (κ2) is 10.1. The van der Waals surface area contributed by atoms with E-state index in [0.717, 1.165) is 7.11 Å². The van der Waals surface area contributed by atoms with E-state index in [0.29, 0.717) is 19.3 Å². The average molecular weight is 472 g/mol. The van der Waals surface area contributed by atoms with Gasteiger partial charge in [-0.05, 0) is 52.2 Å². The number of carbonyl (C=O) groups excluding carboxylic acids is 3.